The SMILES string of the molecule is CCC(=O)N[C@H]1C[C@@H](n2cnc3c(NCC(c4ccccc4)c4ccccc4)nc(C(=O)NCCNC(=O)N[C@H]4CCNC4)nc32)[C@H](O)[C@@H]1O.O=C(O)C(F)(F)F. The molecule has 2 aliphatic rings. The quantitative estimate of drug-likeness (QED) is 0.0878. The molecule has 3 heterocycles. The third-order valence-corrected chi connectivity index (χ3v) is 9.51. The minimum absolute atomic E-state index is 0.0613. The van der Waals surface area contributed by atoms with E-state index in [1.54, 1.807) is 11.5 Å². The number of benzene rings is 2. The number of amides is 4. The summed E-state index contributed by atoms with van der Waals surface area (Å²) in [7, 11) is 0. The van der Waals surface area contributed by atoms with Crippen LogP contribution in [0.15, 0.2) is 67.0 Å². The molecular formula is C37H45F3N10O7. The molecule has 306 valence electrons. The third kappa shape index (κ3) is 11.1. The normalized spacial score (nSPS) is 20.4. The lowest BCUT2D eigenvalue weighted by Gasteiger charge is -2.20. The number of fused-ring (bicyclic) bond motifs is 1. The van der Waals surface area contributed by atoms with Gasteiger partial charge in [0.25, 0.3) is 5.91 Å². The molecule has 0 bridgehead atoms. The first-order valence-electron chi connectivity index (χ1n) is 18.3. The molecule has 0 spiro atoms. The van der Waals surface area contributed by atoms with E-state index in [1.807, 2.05) is 36.4 Å². The summed E-state index contributed by atoms with van der Waals surface area (Å²) in [4.78, 5) is 60.5. The number of anilines is 1. The first-order valence-corrected chi connectivity index (χ1v) is 18.3. The van der Waals surface area contributed by atoms with E-state index in [4.69, 9.17) is 9.90 Å². The number of carboxylic acids is 1. The molecule has 1 saturated heterocycles. The molecule has 4 aromatic rings. The Morgan fingerprint density at radius 3 is 2.14 bits per heavy atom. The summed E-state index contributed by atoms with van der Waals surface area (Å²) in [5, 5.41) is 46.8. The molecule has 2 aromatic heterocycles. The summed E-state index contributed by atoms with van der Waals surface area (Å²) < 4.78 is 33.4. The number of aliphatic hydroxyl groups excluding tert-OH is 2. The number of imidazole rings is 1. The van der Waals surface area contributed by atoms with Crippen molar-refractivity contribution in [3.8, 4) is 0 Å². The van der Waals surface area contributed by atoms with Crippen molar-refractivity contribution in [2.24, 2.45) is 0 Å². The number of nitrogens with one attached hydrogen (secondary N) is 6. The Morgan fingerprint density at radius 1 is 0.930 bits per heavy atom. The van der Waals surface area contributed by atoms with Gasteiger partial charge < -0.3 is 51.8 Å². The summed E-state index contributed by atoms with van der Waals surface area (Å²) >= 11 is 0. The fraction of sp³-hybridized carbons (Fsp3) is 0.432. The lowest BCUT2D eigenvalue weighted by atomic mass is 9.91. The third-order valence-electron chi connectivity index (χ3n) is 9.51. The summed E-state index contributed by atoms with van der Waals surface area (Å²) in [6, 6.07) is 18.5. The number of carbonyl (C=O) groups is 4. The topological polar surface area (TPSA) is 245 Å². The van der Waals surface area contributed by atoms with Crippen LogP contribution in [0.5, 0.6) is 0 Å². The molecule has 5 atom stereocenters. The molecule has 1 saturated carbocycles. The van der Waals surface area contributed by atoms with Crippen LogP contribution in [0.3, 0.4) is 0 Å². The van der Waals surface area contributed by atoms with E-state index in [2.05, 4.69) is 71.1 Å². The van der Waals surface area contributed by atoms with E-state index >= 15 is 0 Å². The Bertz CT molecular complexity index is 1940. The average Bonchev–Trinajstić information content (AvgIpc) is 3.94. The molecule has 57 heavy (non-hydrogen) atoms. The number of hydrogen-bond donors (Lipinski definition) is 9. The molecule has 6 rings (SSSR count). The van der Waals surface area contributed by atoms with Crippen molar-refractivity contribution >= 4 is 40.8 Å². The number of carbonyl (C=O) groups excluding carboxylic acids is 3. The smallest absolute Gasteiger partial charge is 0.475 e. The first kappa shape index (κ1) is 42.3. The molecular weight excluding hydrogens is 753 g/mol. The molecule has 17 nitrogen and oxygen atoms in total. The van der Waals surface area contributed by atoms with Crippen LogP contribution in [0.25, 0.3) is 11.2 Å². The molecule has 0 unspecified atom stereocenters. The minimum atomic E-state index is -5.08. The van der Waals surface area contributed by atoms with E-state index in [-0.39, 0.29) is 61.3 Å². The van der Waals surface area contributed by atoms with Crippen molar-refractivity contribution in [2.45, 2.75) is 68.6 Å². The molecule has 20 heteroatoms. The van der Waals surface area contributed by atoms with Crippen LogP contribution in [0, 0.1) is 0 Å². The van der Waals surface area contributed by atoms with Crippen LogP contribution in [-0.2, 0) is 9.59 Å². The van der Waals surface area contributed by atoms with Gasteiger partial charge in [-0.1, -0.05) is 67.6 Å². The maximum absolute atomic E-state index is 13.5. The molecule has 9 N–H and O–H groups in total. The maximum atomic E-state index is 13.5. The molecule has 0 radical (unpaired) electrons. The van der Waals surface area contributed by atoms with Gasteiger partial charge in [-0.05, 0) is 30.5 Å². The zero-order valence-electron chi connectivity index (χ0n) is 30.9. The highest BCUT2D eigenvalue weighted by Gasteiger charge is 2.44. The standard InChI is InChI=1S/C35H44N10O5.C2HF3O2/c1-2-27(46)42-25-17-26(30(48)29(25)47)45-20-40-28-31(39-19-24(21-9-5-3-6-10-21)22-11-7-4-8-12-22)43-32(44-33(28)45)34(49)37-15-16-38-35(50)41-23-13-14-36-18-23;3-2(4,5)1(6)7/h3-12,20,23-26,29-30,36,47-48H,2,13-19H2,1H3,(H,37,49)(H,42,46)(H2,38,41,50)(H,39,43,44);(H,6,7)/t23-,25-,26+,29+,30-;/m0./s1. The zero-order valence-corrected chi connectivity index (χ0v) is 30.9. The number of alkyl halides is 3. The van der Waals surface area contributed by atoms with Crippen molar-refractivity contribution < 1.29 is 47.7 Å². The number of rotatable bonds is 13. The highest BCUT2D eigenvalue weighted by atomic mass is 19.4. The minimum Gasteiger partial charge on any atom is -0.475 e. The number of nitrogens with zero attached hydrogens (tertiary/aromatic N) is 4. The Labute approximate surface area is 324 Å². The molecule has 2 aromatic carbocycles. The number of aromatic nitrogens is 4. The number of carboxylic acid groups (broad SMARTS) is 1. The number of aliphatic carboxylic acids is 1. The van der Waals surface area contributed by atoms with Gasteiger partial charge in [-0.2, -0.15) is 13.2 Å². The summed E-state index contributed by atoms with van der Waals surface area (Å²) in [6.45, 7) is 4.03. The van der Waals surface area contributed by atoms with Gasteiger partial charge in [-0.15, -0.1) is 0 Å². The van der Waals surface area contributed by atoms with E-state index < -0.39 is 42.3 Å². The number of halogens is 3. The van der Waals surface area contributed by atoms with Gasteiger partial charge >= 0.3 is 18.2 Å². The average molecular weight is 799 g/mol. The fourth-order valence-electron chi connectivity index (χ4n) is 6.56. The highest BCUT2D eigenvalue weighted by molar-refractivity contribution is 5.94. The van der Waals surface area contributed by atoms with Gasteiger partial charge in [-0.25, -0.2) is 24.5 Å². The number of aliphatic hydroxyl groups is 2. The Morgan fingerprint density at radius 2 is 1.56 bits per heavy atom. The molecule has 2 fully saturated rings. The van der Waals surface area contributed by atoms with E-state index in [1.165, 1.54) is 6.33 Å². The predicted octanol–water partition coefficient (Wildman–Crippen LogP) is 1.66. The molecule has 1 aliphatic heterocycles. The second-order valence-electron chi connectivity index (χ2n) is 13.4. The van der Waals surface area contributed by atoms with Gasteiger partial charge in [0.2, 0.25) is 11.7 Å². The van der Waals surface area contributed by atoms with Crippen molar-refractivity contribution in [2.75, 3.05) is 38.0 Å². The lowest BCUT2D eigenvalue weighted by molar-refractivity contribution is -0.192. The van der Waals surface area contributed by atoms with E-state index in [9.17, 15) is 37.8 Å². The van der Waals surface area contributed by atoms with Crippen LogP contribution < -0.4 is 31.9 Å². The van der Waals surface area contributed by atoms with Gasteiger partial charge in [0, 0.05) is 44.6 Å². The summed E-state index contributed by atoms with van der Waals surface area (Å²) in [5.41, 5.74) is 2.84. The van der Waals surface area contributed by atoms with Gasteiger partial charge in [-0.3, -0.25) is 9.59 Å². The van der Waals surface area contributed by atoms with Gasteiger partial charge in [0.1, 0.15) is 17.7 Å². The van der Waals surface area contributed by atoms with E-state index in [0.29, 0.717) is 17.9 Å². The second-order valence-corrected chi connectivity index (χ2v) is 13.4. The largest absolute Gasteiger partial charge is 0.490 e. The first-order chi connectivity index (χ1) is 27.3. The van der Waals surface area contributed by atoms with Crippen molar-refractivity contribution in [3.05, 3.63) is 83.9 Å². The Balaban J connectivity index is 0.000000811. The fourth-order valence-corrected chi connectivity index (χ4v) is 6.56. The number of urea groups is 1. The van der Waals surface area contributed by atoms with Crippen LogP contribution in [0.2, 0.25) is 0 Å². The summed E-state index contributed by atoms with van der Waals surface area (Å²) in [6.07, 6.45) is -4.69. The second kappa shape index (κ2) is 19.3. The Hall–Kier alpha value is -5.86. The van der Waals surface area contributed by atoms with Gasteiger partial charge in [0.05, 0.1) is 18.4 Å². The molecule has 1 aliphatic carbocycles. The molecule has 4 amide bonds. The predicted molar refractivity (Wildman–Crippen MR) is 200 cm³/mol. The maximum Gasteiger partial charge on any atom is 0.490 e. The van der Waals surface area contributed by atoms with Crippen molar-refractivity contribution in [1.29, 1.82) is 0 Å². The lowest BCUT2D eigenvalue weighted by Crippen LogP contribution is -2.45. The van der Waals surface area contributed by atoms with Crippen molar-refractivity contribution in [3.63, 3.8) is 0 Å². The van der Waals surface area contributed by atoms with Gasteiger partial charge in [0.15, 0.2) is 11.5 Å². The van der Waals surface area contributed by atoms with Crippen LogP contribution in [0.4, 0.5) is 23.8 Å². The highest BCUT2D eigenvalue weighted by Crippen LogP contribution is 2.34. The van der Waals surface area contributed by atoms with Crippen LogP contribution in [-0.4, -0.2) is 122 Å². The monoisotopic (exact) mass is 798 g/mol. The van der Waals surface area contributed by atoms with Crippen LogP contribution >= 0.6 is 0 Å². The van der Waals surface area contributed by atoms with E-state index in [0.717, 1.165) is 30.6 Å². The zero-order chi connectivity index (χ0) is 41.1. The summed E-state index contributed by atoms with van der Waals surface area (Å²) in [5.74, 6) is -3.43. The Kier molecular flexibility index (Phi) is 14.3. The number of hydrogen-bond acceptors (Lipinski definition) is 11. The van der Waals surface area contributed by atoms with Crippen LogP contribution in [0.1, 0.15) is 59.9 Å². The van der Waals surface area contributed by atoms with Crippen molar-refractivity contribution in [1.82, 2.24) is 46.1 Å².